The summed E-state index contributed by atoms with van der Waals surface area (Å²) in [4.78, 5) is 14.2. The average molecular weight is 402 g/mol. The zero-order valence-electron chi connectivity index (χ0n) is 15.8. The molecular weight excluding hydrogens is 382 g/mol. The minimum Gasteiger partial charge on any atom is -0.340 e. The summed E-state index contributed by atoms with van der Waals surface area (Å²) in [5.41, 5.74) is 1.07. The Labute approximate surface area is 166 Å². The van der Waals surface area contributed by atoms with Crippen LogP contribution in [-0.4, -0.2) is 37.9 Å². The fourth-order valence-electron chi connectivity index (χ4n) is 2.80. The number of carbonyl (C=O) groups is 1. The zero-order valence-corrected chi connectivity index (χ0v) is 16.6. The first-order valence-corrected chi connectivity index (χ1v) is 9.55. The van der Waals surface area contributed by atoms with Crippen LogP contribution in [0.2, 0.25) is 0 Å². The second-order valence-electron chi connectivity index (χ2n) is 6.43. The van der Waals surface area contributed by atoms with Gasteiger partial charge in [0.2, 0.25) is 5.91 Å². The maximum Gasteiger partial charge on any atom is 0.235 e. The van der Waals surface area contributed by atoms with Gasteiger partial charge < -0.3 is 9.47 Å². The third-order valence-corrected chi connectivity index (χ3v) is 5.39. The van der Waals surface area contributed by atoms with Gasteiger partial charge in [0.05, 0.1) is 10.8 Å². The van der Waals surface area contributed by atoms with Gasteiger partial charge in [-0.25, -0.2) is 8.78 Å². The average Bonchev–Trinajstić information content (AvgIpc) is 3.01. The summed E-state index contributed by atoms with van der Waals surface area (Å²) in [7, 11) is 3.41. The second-order valence-corrected chi connectivity index (χ2v) is 7.74. The predicted molar refractivity (Wildman–Crippen MR) is 105 cm³/mol. The van der Waals surface area contributed by atoms with Crippen molar-refractivity contribution in [1.29, 1.82) is 0 Å². The van der Waals surface area contributed by atoms with E-state index >= 15 is 0 Å². The first kappa shape index (κ1) is 20.0. The lowest BCUT2D eigenvalue weighted by molar-refractivity contribution is -0.129. The van der Waals surface area contributed by atoms with Crippen molar-refractivity contribution in [3.05, 3.63) is 65.7 Å². The van der Waals surface area contributed by atoms with Crippen LogP contribution in [0.3, 0.4) is 0 Å². The Balaban J connectivity index is 1.70. The molecule has 28 heavy (non-hydrogen) atoms. The monoisotopic (exact) mass is 402 g/mol. The number of benzene rings is 2. The van der Waals surface area contributed by atoms with Crippen molar-refractivity contribution in [1.82, 2.24) is 19.7 Å². The molecular formula is C20H20F2N4OS. The first-order valence-electron chi connectivity index (χ1n) is 8.67. The Morgan fingerprint density at radius 2 is 1.93 bits per heavy atom. The molecule has 1 amide bonds. The lowest BCUT2D eigenvalue weighted by Crippen LogP contribution is -2.33. The highest BCUT2D eigenvalue weighted by Crippen LogP contribution is 2.27. The van der Waals surface area contributed by atoms with Crippen molar-refractivity contribution in [3.63, 3.8) is 0 Å². The van der Waals surface area contributed by atoms with Gasteiger partial charge in [-0.3, -0.25) is 4.79 Å². The number of amides is 1. The summed E-state index contributed by atoms with van der Waals surface area (Å²) in [6.45, 7) is 2.08. The smallest absolute Gasteiger partial charge is 0.235 e. The number of aromatic nitrogens is 3. The Bertz CT molecular complexity index is 992. The minimum atomic E-state index is -0.435. The van der Waals surface area contributed by atoms with Gasteiger partial charge in [0.25, 0.3) is 0 Å². The van der Waals surface area contributed by atoms with Crippen LogP contribution in [0.15, 0.2) is 53.7 Å². The highest BCUT2D eigenvalue weighted by atomic mass is 32.2. The van der Waals surface area contributed by atoms with Gasteiger partial charge in [-0.05, 0) is 36.8 Å². The molecule has 1 unspecified atom stereocenters. The molecule has 0 radical (unpaired) electrons. The Kier molecular flexibility index (Phi) is 6.08. The van der Waals surface area contributed by atoms with Crippen LogP contribution in [0, 0.1) is 11.6 Å². The molecule has 146 valence electrons. The number of carbonyl (C=O) groups excluding carboxylic acids is 1. The van der Waals surface area contributed by atoms with Crippen LogP contribution in [0.4, 0.5) is 8.78 Å². The Hall–Kier alpha value is -2.74. The lowest BCUT2D eigenvalue weighted by Gasteiger charge is -2.21. The maximum absolute atomic E-state index is 14.0. The van der Waals surface area contributed by atoms with Crippen LogP contribution in [0.5, 0.6) is 0 Å². The molecule has 0 saturated heterocycles. The van der Waals surface area contributed by atoms with Gasteiger partial charge in [0.1, 0.15) is 11.6 Å². The van der Waals surface area contributed by atoms with Crippen molar-refractivity contribution in [2.45, 2.75) is 23.9 Å². The third-order valence-electron chi connectivity index (χ3n) is 4.26. The molecule has 5 nitrogen and oxygen atoms in total. The molecule has 1 aromatic heterocycles. The highest BCUT2D eigenvalue weighted by Gasteiger charge is 2.23. The number of nitrogens with zero attached hydrogens (tertiary/aromatic N) is 4. The molecule has 0 bridgehead atoms. The van der Waals surface area contributed by atoms with E-state index in [0.717, 1.165) is 0 Å². The van der Waals surface area contributed by atoms with Gasteiger partial charge in [-0.2, -0.15) is 0 Å². The van der Waals surface area contributed by atoms with Crippen LogP contribution in [0.25, 0.3) is 11.4 Å². The fourth-order valence-corrected chi connectivity index (χ4v) is 3.73. The first-order chi connectivity index (χ1) is 13.4. The number of hydrogen-bond acceptors (Lipinski definition) is 4. The molecule has 3 aromatic rings. The van der Waals surface area contributed by atoms with E-state index in [2.05, 4.69) is 10.2 Å². The van der Waals surface area contributed by atoms with Gasteiger partial charge in [-0.15, -0.1) is 10.2 Å². The summed E-state index contributed by atoms with van der Waals surface area (Å²) < 4.78 is 29.0. The molecule has 2 aromatic carbocycles. The Morgan fingerprint density at radius 3 is 2.64 bits per heavy atom. The molecule has 0 aliphatic rings. The minimum absolute atomic E-state index is 0.121. The number of hydrogen-bond donors (Lipinski definition) is 0. The molecule has 0 fully saturated rings. The van der Waals surface area contributed by atoms with E-state index in [1.54, 1.807) is 60.8 Å². The molecule has 8 heteroatoms. The van der Waals surface area contributed by atoms with Crippen molar-refractivity contribution in [3.8, 4) is 11.4 Å². The number of thioether (sulfide) groups is 1. The van der Waals surface area contributed by atoms with E-state index < -0.39 is 5.25 Å². The largest absolute Gasteiger partial charge is 0.340 e. The van der Waals surface area contributed by atoms with E-state index in [0.29, 0.717) is 28.7 Å². The zero-order chi connectivity index (χ0) is 20.3. The van der Waals surface area contributed by atoms with Crippen molar-refractivity contribution in [2.75, 3.05) is 7.05 Å². The molecule has 0 spiro atoms. The van der Waals surface area contributed by atoms with Gasteiger partial charge in [0, 0.05) is 20.6 Å². The number of halogens is 2. The standard InChI is InChI=1S/C20H20F2N4OS/c1-13(19(27)25(2)12-14-7-6-8-15(21)11-14)28-20-24-23-18(26(20)3)16-9-4-5-10-17(16)22/h4-11,13H,12H2,1-3H3. The van der Waals surface area contributed by atoms with E-state index in [1.807, 2.05) is 0 Å². The van der Waals surface area contributed by atoms with Crippen molar-refractivity contribution < 1.29 is 13.6 Å². The molecule has 3 rings (SSSR count). The SMILES string of the molecule is CC(Sc1nnc(-c2ccccc2F)n1C)C(=O)N(C)Cc1cccc(F)c1. The van der Waals surface area contributed by atoms with Crippen LogP contribution >= 0.6 is 11.8 Å². The maximum atomic E-state index is 14.0. The summed E-state index contributed by atoms with van der Waals surface area (Å²) in [5, 5.41) is 8.24. The van der Waals surface area contributed by atoms with E-state index in [-0.39, 0.29) is 17.5 Å². The molecule has 0 aliphatic heterocycles. The second kappa shape index (κ2) is 8.52. The normalized spacial score (nSPS) is 12.0. The molecule has 0 saturated carbocycles. The van der Waals surface area contributed by atoms with Gasteiger partial charge in [0.15, 0.2) is 11.0 Å². The highest BCUT2D eigenvalue weighted by molar-refractivity contribution is 8.00. The summed E-state index contributed by atoms with van der Waals surface area (Å²) in [6.07, 6.45) is 0. The summed E-state index contributed by atoms with van der Waals surface area (Å²) >= 11 is 1.24. The fraction of sp³-hybridized carbons (Fsp3) is 0.250. The van der Waals surface area contributed by atoms with Gasteiger partial charge >= 0.3 is 0 Å². The molecule has 0 aliphatic carbocycles. The molecule has 0 N–H and O–H groups in total. The van der Waals surface area contributed by atoms with E-state index in [9.17, 15) is 13.6 Å². The molecule has 1 heterocycles. The third kappa shape index (κ3) is 4.39. The summed E-state index contributed by atoms with van der Waals surface area (Å²) in [5.74, 6) is -0.438. The van der Waals surface area contributed by atoms with Crippen molar-refractivity contribution in [2.24, 2.45) is 7.05 Å². The van der Waals surface area contributed by atoms with Crippen LogP contribution < -0.4 is 0 Å². The van der Waals surface area contributed by atoms with Crippen molar-refractivity contribution >= 4 is 17.7 Å². The Morgan fingerprint density at radius 1 is 1.18 bits per heavy atom. The lowest BCUT2D eigenvalue weighted by atomic mass is 10.2. The topological polar surface area (TPSA) is 51.0 Å². The summed E-state index contributed by atoms with van der Waals surface area (Å²) in [6, 6.07) is 12.5. The molecule has 1 atom stereocenters. The quantitative estimate of drug-likeness (QED) is 0.587. The number of rotatable bonds is 6. The van der Waals surface area contributed by atoms with Crippen LogP contribution in [0.1, 0.15) is 12.5 Å². The predicted octanol–water partition coefficient (Wildman–Crippen LogP) is 3.90. The van der Waals surface area contributed by atoms with E-state index in [1.165, 1.54) is 30.0 Å². The van der Waals surface area contributed by atoms with Crippen LogP contribution in [-0.2, 0) is 18.4 Å². The van der Waals surface area contributed by atoms with Gasteiger partial charge in [-0.1, -0.05) is 36.0 Å². The van der Waals surface area contributed by atoms with E-state index in [4.69, 9.17) is 0 Å².